The summed E-state index contributed by atoms with van der Waals surface area (Å²) in [6.45, 7) is 4.17. The number of rotatable bonds is 3. The Kier molecular flexibility index (Phi) is 3.42. The van der Waals surface area contributed by atoms with E-state index in [-0.39, 0.29) is 5.97 Å². The van der Waals surface area contributed by atoms with Crippen LogP contribution in [-0.4, -0.2) is 18.1 Å². The zero-order valence-corrected chi connectivity index (χ0v) is 8.85. The molecule has 4 heteroatoms. The second-order valence-corrected chi connectivity index (χ2v) is 4.22. The lowest BCUT2D eigenvalue weighted by molar-refractivity contribution is -0.139. The number of esters is 1. The first-order valence-electron chi connectivity index (χ1n) is 4.15. The van der Waals surface area contributed by atoms with Gasteiger partial charge in [0.15, 0.2) is 0 Å². The largest absolute Gasteiger partial charge is 0.469 e. The molecule has 1 aromatic rings. The van der Waals surface area contributed by atoms with Crippen molar-refractivity contribution in [3.05, 3.63) is 16.1 Å². The third-order valence-electron chi connectivity index (χ3n) is 1.61. The average Bonchev–Trinajstić information content (AvgIpc) is 2.52. The Morgan fingerprint density at radius 3 is 2.85 bits per heavy atom. The number of carbonyl (C=O) groups is 1. The van der Waals surface area contributed by atoms with E-state index < -0.39 is 0 Å². The third kappa shape index (κ3) is 2.81. The fourth-order valence-corrected chi connectivity index (χ4v) is 1.79. The molecule has 0 amide bonds. The van der Waals surface area contributed by atoms with Crippen LogP contribution < -0.4 is 0 Å². The standard InChI is InChI=1S/C9H13NO2S/c1-6(2)9-10-5-7(13-9)4-8(11)12-3/h5-6H,4H2,1-3H3. The maximum absolute atomic E-state index is 10.9. The number of hydrogen-bond acceptors (Lipinski definition) is 4. The fourth-order valence-electron chi connectivity index (χ4n) is 0.886. The van der Waals surface area contributed by atoms with E-state index in [1.165, 1.54) is 7.11 Å². The molecule has 0 saturated heterocycles. The van der Waals surface area contributed by atoms with Crippen LogP contribution in [0.4, 0.5) is 0 Å². The minimum absolute atomic E-state index is 0.209. The van der Waals surface area contributed by atoms with Gasteiger partial charge in [0.25, 0.3) is 0 Å². The highest BCUT2D eigenvalue weighted by Gasteiger charge is 2.09. The summed E-state index contributed by atoms with van der Waals surface area (Å²) >= 11 is 1.57. The van der Waals surface area contributed by atoms with Crippen LogP contribution in [0.2, 0.25) is 0 Å². The lowest BCUT2D eigenvalue weighted by atomic mass is 10.2. The Morgan fingerprint density at radius 2 is 2.38 bits per heavy atom. The summed E-state index contributed by atoms with van der Waals surface area (Å²) in [6.07, 6.45) is 2.08. The molecular formula is C9H13NO2S. The molecule has 1 aromatic heterocycles. The second-order valence-electron chi connectivity index (χ2n) is 3.07. The molecule has 3 nitrogen and oxygen atoms in total. The quantitative estimate of drug-likeness (QED) is 0.699. The number of carbonyl (C=O) groups excluding carboxylic acids is 1. The van der Waals surface area contributed by atoms with E-state index in [1.54, 1.807) is 17.5 Å². The number of aromatic nitrogens is 1. The Bertz CT molecular complexity index is 294. The van der Waals surface area contributed by atoms with Crippen LogP contribution in [0.1, 0.15) is 29.7 Å². The highest BCUT2D eigenvalue weighted by molar-refractivity contribution is 7.11. The Hall–Kier alpha value is -0.900. The van der Waals surface area contributed by atoms with Gasteiger partial charge >= 0.3 is 5.97 Å². The third-order valence-corrected chi connectivity index (χ3v) is 2.91. The molecule has 0 fully saturated rings. The van der Waals surface area contributed by atoms with Gasteiger partial charge in [-0.1, -0.05) is 13.8 Å². The number of nitrogens with zero attached hydrogens (tertiary/aromatic N) is 1. The van der Waals surface area contributed by atoms with E-state index in [4.69, 9.17) is 0 Å². The van der Waals surface area contributed by atoms with Crippen LogP contribution in [0.15, 0.2) is 6.20 Å². The lowest BCUT2D eigenvalue weighted by Crippen LogP contribution is -2.02. The minimum Gasteiger partial charge on any atom is -0.469 e. The van der Waals surface area contributed by atoms with Crippen molar-refractivity contribution in [2.45, 2.75) is 26.2 Å². The molecular weight excluding hydrogens is 186 g/mol. The molecule has 72 valence electrons. The van der Waals surface area contributed by atoms with Crippen LogP contribution in [0, 0.1) is 0 Å². The predicted molar refractivity (Wildman–Crippen MR) is 51.9 cm³/mol. The van der Waals surface area contributed by atoms with Crippen molar-refractivity contribution in [3.8, 4) is 0 Å². The molecule has 0 bridgehead atoms. The van der Waals surface area contributed by atoms with E-state index in [1.807, 2.05) is 0 Å². The molecule has 0 aliphatic heterocycles. The van der Waals surface area contributed by atoms with E-state index >= 15 is 0 Å². The van der Waals surface area contributed by atoms with Crippen LogP contribution in [0.3, 0.4) is 0 Å². The van der Waals surface area contributed by atoms with Gasteiger partial charge in [0.1, 0.15) is 0 Å². The van der Waals surface area contributed by atoms with Gasteiger partial charge < -0.3 is 4.74 Å². The van der Waals surface area contributed by atoms with Gasteiger partial charge in [-0.15, -0.1) is 11.3 Å². The molecule has 0 saturated carbocycles. The summed E-state index contributed by atoms with van der Waals surface area (Å²) in [5, 5.41) is 1.07. The van der Waals surface area contributed by atoms with Crippen LogP contribution in [0.5, 0.6) is 0 Å². The summed E-state index contributed by atoms with van der Waals surface area (Å²) < 4.78 is 4.56. The van der Waals surface area contributed by atoms with Gasteiger partial charge in [-0.25, -0.2) is 4.98 Å². The molecule has 0 atom stereocenters. The number of hydrogen-bond donors (Lipinski definition) is 0. The fraction of sp³-hybridized carbons (Fsp3) is 0.556. The van der Waals surface area contributed by atoms with Crippen LogP contribution >= 0.6 is 11.3 Å². The topological polar surface area (TPSA) is 39.2 Å². The zero-order valence-electron chi connectivity index (χ0n) is 8.03. The van der Waals surface area contributed by atoms with Crippen molar-refractivity contribution in [3.63, 3.8) is 0 Å². The molecule has 0 aliphatic rings. The van der Waals surface area contributed by atoms with Crippen molar-refractivity contribution < 1.29 is 9.53 Å². The van der Waals surface area contributed by atoms with Gasteiger partial charge in [0, 0.05) is 17.0 Å². The zero-order chi connectivity index (χ0) is 9.84. The van der Waals surface area contributed by atoms with E-state index in [9.17, 15) is 4.79 Å². The molecule has 13 heavy (non-hydrogen) atoms. The number of ether oxygens (including phenoxy) is 1. The Morgan fingerprint density at radius 1 is 1.69 bits per heavy atom. The molecule has 0 aliphatic carbocycles. The number of methoxy groups -OCH3 is 1. The Labute approximate surface area is 81.8 Å². The van der Waals surface area contributed by atoms with Gasteiger partial charge in [0.05, 0.1) is 18.5 Å². The maximum Gasteiger partial charge on any atom is 0.310 e. The maximum atomic E-state index is 10.9. The van der Waals surface area contributed by atoms with E-state index in [0.717, 1.165) is 9.88 Å². The lowest BCUT2D eigenvalue weighted by Gasteiger charge is -1.96. The summed E-state index contributed by atoms with van der Waals surface area (Å²) in [5.74, 6) is 0.218. The summed E-state index contributed by atoms with van der Waals surface area (Å²) in [6, 6.07) is 0. The molecule has 0 N–H and O–H groups in total. The molecule has 0 radical (unpaired) electrons. The summed E-state index contributed by atoms with van der Waals surface area (Å²) in [4.78, 5) is 16.1. The summed E-state index contributed by atoms with van der Waals surface area (Å²) in [5.41, 5.74) is 0. The molecule has 0 unspecified atom stereocenters. The molecule has 1 heterocycles. The van der Waals surface area contributed by atoms with Gasteiger partial charge in [-0.3, -0.25) is 4.79 Å². The first-order valence-corrected chi connectivity index (χ1v) is 4.96. The van der Waals surface area contributed by atoms with Gasteiger partial charge in [0.2, 0.25) is 0 Å². The average molecular weight is 199 g/mol. The second kappa shape index (κ2) is 4.37. The van der Waals surface area contributed by atoms with Gasteiger partial charge in [-0.2, -0.15) is 0 Å². The monoisotopic (exact) mass is 199 g/mol. The van der Waals surface area contributed by atoms with Crippen molar-refractivity contribution in [1.29, 1.82) is 0 Å². The highest BCUT2D eigenvalue weighted by Crippen LogP contribution is 2.21. The highest BCUT2D eigenvalue weighted by atomic mass is 32.1. The van der Waals surface area contributed by atoms with Crippen molar-refractivity contribution in [2.24, 2.45) is 0 Å². The van der Waals surface area contributed by atoms with Crippen molar-refractivity contribution in [1.82, 2.24) is 4.98 Å². The van der Waals surface area contributed by atoms with E-state index in [0.29, 0.717) is 12.3 Å². The van der Waals surface area contributed by atoms with Crippen LogP contribution in [0.25, 0.3) is 0 Å². The molecule has 1 rings (SSSR count). The predicted octanol–water partition coefficient (Wildman–Crippen LogP) is 1.98. The first kappa shape index (κ1) is 10.2. The van der Waals surface area contributed by atoms with E-state index in [2.05, 4.69) is 23.6 Å². The molecule has 0 spiro atoms. The SMILES string of the molecule is COC(=O)Cc1cnc(C(C)C)s1. The van der Waals surface area contributed by atoms with Gasteiger partial charge in [-0.05, 0) is 0 Å². The normalized spacial score (nSPS) is 10.5. The summed E-state index contributed by atoms with van der Waals surface area (Å²) in [7, 11) is 1.40. The number of thiazole rings is 1. The smallest absolute Gasteiger partial charge is 0.310 e. The van der Waals surface area contributed by atoms with Crippen molar-refractivity contribution in [2.75, 3.05) is 7.11 Å². The Balaban J connectivity index is 2.64. The molecule has 0 aromatic carbocycles. The minimum atomic E-state index is -0.209. The van der Waals surface area contributed by atoms with Crippen LogP contribution in [-0.2, 0) is 16.0 Å². The first-order chi connectivity index (χ1) is 6.13. The van der Waals surface area contributed by atoms with Crippen molar-refractivity contribution >= 4 is 17.3 Å².